The molecule has 17 heavy (non-hydrogen) atoms. The summed E-state index contributed by atoms with van der Waals surface area (Å²) >= 11 is 0. The fourth-order valence-corrected chi connectivity index (χ4v) is 1.95. The molecule has 3 nitrogen and oxygen atoms in total. The van der Waals surface area contributed by atoms with Crippen LogP contribution in [0.3, 0.4) is 0 Å². The number of nitrogens with zero attached hydrogens (tertiary/aromatic N) is 1. The van der Waals surface area contributed by atoms with Gasteiger partial charge in [0.1, 0.15) is 0 Å². The van der Waals surface area contributed by atoms with Gasteiger partial charge in [-0.2, -0.15) is 0 Å². The number of hydrogen-bond acceptors (Lipinski definition) is 3. The maximum absolute atomic E-state index is 9.07. The molecule has 0 spiro atoms. The summed E-state index contributed by atoms with van der Waals surface area (Å²) in [4.78, 5) is 2.34. The lowest BCUT2D eigenvalue weighted by atomic mass is 9.92. The Morgan fingerprint density at radius 1 is 1.18 bits per heavy atom. The van der Waals surface area contributed by atoms with E-state index in [1.165, 1.54) is 0 Å². The first-order chi connectivity index (χ1) is 7.78. The smallest absolute Gasteiger partial charge is 0.0558 e. The highest BCUT2D eigenvalue weighted by Crippen LogP contribution is 2.17. The van der Waals surface area contributed by atoms with Crippen LogP contribution in [0.2, 0.25) is 0 Å². The van der Waals surface area contributed by atoms with Gasteiger partial charge in [-0.3, -0.25) is 4.90 Å². The molecule has 0 fully saturated rings. The van der Waals surface area contributed by atoms with Crippen LogP contribution < -0.4 is 5.32 Å². The monoisotopic (exact) mass is 244 g/mol. The topological polar surface area (TPSA) is 35.5 Å². The summed E-state index contributed by atoms with van der Waals surface area (Å²) in [6, 6.07) is 0.492. The van der Waals surface area contributed by atoms with Crippen LogP contribution in [0.1, 0.15) is 41.5 Å². The fourth-order valence-electron chi connectivity index (χ4n) is 1.95. The molecule has 0 aliphatic carbocycles. The first kappa shape index (κ1) is 16.9. The predicted octanol–water partition coefficient (Wildman–Crippen LogP) is 1.96. The largest absolute Gasteiger partial charge is 0.395 e. The van der Waals surface area contributed by atoms with Gasteiger partial charge in [-0.25, -0.2) is 0 Å². The van der Waals surface area contributed by atoms with E-state index in [4.69, 9.17) is 5.11 Å². The van der Waals surface area contributed by atoms with Crippen molar-refractivity contribution in [1.29, 1.82) is 0 Å². The molecule has 0 aromatic heterocycles. The summed E-state index contributed by atoms with van der Waals surface area (Å²) in [5.41, 5.74) is 0.244. The van der Waals surface area contributed by atoms with Gasteiger partial charge in [0.2, 0.25) is 0 Å². The molecule has 0 bridgehead atoms. The van der Waals surface area contributed by atoms with Crippen molar-refractivity contribution in [3.8, 4) is 0 Å². The number of rotatable bonds is 9. The predicted molar refractivity (Wildman–Crippen MR) is 75.3 cm³/mol. The molecule has 0 heterocycles. The van der Waals surface area contributed by atoms with E-state index in [-0.39, 0.29) is 12.0 Å². The normalized spacial score (nSPS) is 13.1. The highest BCUT2D eigenvalue weighted by molar-refractivity contribution is 4.78. The van der Waals surface area contributed by atoms with Gasteiger partial charge in [0.15, 0.2) is 0 Å². The minimum atomic E-state index is 0.244. The van der Waals surface area contributed by atoms with Crippen molar-refractivity contribution in [3.63, 3.8) is 0 Å². The van der Waals surface area contributed by atoms with Gasteiger partial charge >= 0.3 is 0 Å². The van der Waals surface area contributed by atoms with E-state index in [0.29, 0.717) is 12.0 Å². The Labute approximate surface area is 108 Å². The van der Waals surface area contributed by atoms with E-state index in [1.54, 1.807) is 0 Å². The maximum Gasteiger partial charge on any atom is 0.0558 e. The lowest BCUT2D eigenvalue weighted by Gasteiger charge is -2.35. The zero-order valence-electron chi connectivity index (χ0n) is 12.6. The summed E-state index contributed by atoms with van der Waals surface area (Å²) in [5, 5.41) is 12.6. The van der Waals surface area contributed by atoms with Crippen molar-refractivity contribution in [1.82, 2.24) is 10.2 Å². The van der Waals surface area contributed by atoms with Crippen LogP contribution in [0, 0.1) is 11.3 Å². The summed E-state index contributed by atoms with van der Waals surface area (Å²) in [5.74, 6) is 0.699. The SMILES string of the molecule is CC(C)CNCC(C)(C)CN(CCO)C(C)C. The van der Waals surface area contributed by atoms with Gasteiger partial charge in [0.25, 0.3) is 0 Å². The lowest BCUT2D eigenvalue weighted by molar-refractivity contribution is 0.115. The second-order valence-corrected chi connectivity index (χ2v) is 6.48. The Kier molecular flexibility index (Phi) is 8.01. The van der Waals surface area contributed by atoms with Gasteiger partial charge in [-0.15, -0.1) is 0 Å². The number of hydrogen-bond donors (Lipinski definition) is 2. The minimum Gasteiger partial charge on any atom is -0.395 e. The highest BCUT2D eigenvalue weighted by atomic mass is 16.3. The molecule has 0 aliphatic heterocycles. The van der Waals surface area contributed by atoms with Gasteiger partial charge in [-0.1, -0.05) is 27.7 Å². The van der Waals surface area contributed by atoms with Crippen molar-refractivity contribution in [2.24, 2.45) is 11.3 Å². The van der Waals surface area contributed by atoms with Crippen LogP contribution in [0.25, 0.3) is 0 Å². The van der Waals surface area contributed by atoms with Crippen LogP contribution in [-0.2, 0) is 0 Å². The molecule has 0 aromatic carbocycles. The van der Waals surface area contributed by atoms with E-state index in [2.05, 4.69) is 51.8 Å². The van der Waals surface area contributed by atoms with Crippen LogP contribution in [0.15, 0.2) is 0 Å². The third kappa shape index (κ3) is 8.58. The molecule has 0 rings (SSSR count). The zero-order valence-corrected chi connectivity index (χ0v) is 12.6. The Morgan fingerprint density at radius 3 is 2.18 bits per heavy atom. The molecule has 2 N–H and O–H groups in total. The van der Waals surface area contributed by atoms with Gasteiger partial charge < -0.3 is 10.4 Å². The fraction of sp³-hybridized carbons (Fsp3) is 1.00. The van der Waals surface area contributed by atoms with E-state index in [9.17, 15) is 0 Å². The van der Waals surface area contributed by atoms with Gasteiger partial charge in [0, 0.05) is 25.7 Å². The van der Waals surface area contributed by atoms with Crippen molar-refractivity contribution in [3.05, 3.63) is 0 Å². The molecule has 3 heteroatoms. The molecule has 0 aromatic rings. The average Bonchev–Trinajstić information content (AvgIpc) is 2.15. The zero-order chi connectivity index (χ0) is 13.5. The lowest BCUT2D eigenvalue weighted by Crippen LogP contribution is -2.44. The van der Waals surface area contributed by atoms with Crippen LogP contribution in [-0.4, -0.2) is 48.8 Å². The molecule has 0 unspecified atom stereocenters. The number of aliphatic hydroxyl groups excluding tert-OH is 1. The summed E-state index contributed by atoms with van der Waals surface area (Å²) in [6.45, 7) is 17.5. The third-order valence-electron chi connectivity index (χ3n) is 2.90. The number of nitrogens with one attached hydrogen (secondary N) is 1. The van der Waals surface area contributed by atoms with Gasteiger partial charge in [-0.05, 0) is 31.7 Å². The Hall–Kier alpha value is -0.120. The van der Waals surface area contributed by atoms with Crippen LogP contribution in [0.4, 0.5) is 0 Å². The van der Waals surface area contributed by atoms with Crippen molar-refractivity contribution in [2.75, 3.05) is 32.8 Å². The third-order valence-corrected chi connectivity index (χ3v) is 2.90. The van der Waals surface area contributed by atoms with E-state index in [0.717, 1.165) is 26.2 Å². The van der Waals surface area contributed by atoms with Crippen LogP contribution >= 0.6 is 0 Å². The van der Waals surface area contributed by atoms with E-state index < -0.39 is 0 Å². The molecule has 0 amide bonds. The molecular formula is C14H32N2O. The standard InChI is InChI=1S/C14H32N2O/c1-12(2)9-15-10-14(5,6)11-16(7-8-17)13(3)4/h12-13,15,17H,7-11H2,1-6H3. The van der Waals surface area contributed by atoms with Crippen molar-refractivity contribution in [2.45, 2.75) is 47.6 Å². The molecule has 0 aliphatic rings. The Balaban J connectivity index is 4.10. The van der Waals surface area contributed by atoms with Gasteiger partial charge in [0.05, 0.1) is 6.61 Å². The maximum atomic E-state index is 9.07. The molecule has 0 saturated carbocycles. The molecule has 0 radical (unpaired) electrons. The second kappa shape index (κ2) is 8.06. The molecule has 0 saturated heterocycles. The average molecular weight is 244 g/mol. The number of aliphatic hydroxyl groups is 1. The summed E-state index contributed by atoms with van der Waals surface area (Å²) in [6.07, 6.45) is 0. The first-order valence-electron chi connectivity index (χ1n) is 6.84. The molecule has 104 valence electrons. The highest BCUT2D eigenvalue weighted by Gasteiger charge is 2.22. The molecule has 0 atom stereocenters. The van der Waals surface area contributed by atoms with E-state index in [1.807, 2.05) is 0 Å². The Morgan fingerprint density at radius 2 is 1.76 bits per heavy atom. The first-order valence-corrected chi connectivity index (χ1v) is 6.84. The minimum absolute atomic E-state index is 0.244. The quantitative estimate of drug-likeness (QED) is 0.651. The Bertz CT molecular complexity index is 191. The van der Waals surface area contributed by atoms with Crippen molar-refractivity contribution < 1.29 is 5.11 Å². The summed E-state index contributed by atoms with van der Waals surface area (Å²) < 4.78 is 0. The summed E-state index contributed by atoms with van der Waals surface area (Å²) in [7, 11) is 0. The van der Waals surface area contributed by atoms with Crippen LogP contribution in [0.5, 0.6) is 0 Å². The van der Waals surface area contributed by atoms with Crippen molar-refractivity contribution >= 4 is 0 Å². The van der Waals surface area contributed by atoms with E-state index >= 15 is 0 Å². The second-order valence-electron chi connectivity index (χ2n) is 6.48. The molecular weight excluding hydrogens is 212 g/mol.